The van der Waals surface area contributed by atoms with Crippen LogP contribution in [0.3, 0.4) is 0 Å². The molecule has 0 aliphatic heterocycles. The summed E-state index contributed by atoms with van der Waals surface area (Å²) in [6.07, 6.45) is 3.53. The summed E-state index contributed by atoms with van der Waals surface area (Å²) in [6, 6.07) is 28.5. The van der Waals surface area contributed by atoms with Crippen molar-refractivity contribution in [1.29, 1.82) is 0 Å². The fourth-order valence-electron chi connectivity index (χ4n) is 3.41. The Morgan fingerprint density at radius 2 is 1.52 bits per heavy atom. The van der Waals surface area contributed by atoms with Crippen molar-refractivity contribution in [2.45, 2.75) is 26.2 Å². The van der Waals surface area contributed by atoms with Crippen molar-refractivity contribution in [2.24, 2.45) is 0 Å². The van der Waals surface area contributed by atoms with Crippen molar-refractivity contribution in [1.82, 2.24) is 10.3 Å². The average molecular weight is 439 g/mol. The maximum absolute atomic E-state index is 13.0. The van der Waals surface area contributed by atoms with E-state index >= 15 is 0 Å². The van der Waals surface area contributed by atoms with Crippen LogP contribution < -0.4 is 14.8 Å². The number of amides is 1. The van der Waals surface area contributed by atoms with Gasteiger partial charge in [0.05, 0.1) is 6.04 Å². The molecule has 0 aliphatic carbocycles. The lowest BCUT2D eigenvalue weighted by molar-refractivity contribution is 0.0937. The van der Waals surface area contributed by atoms with E-state index < -0.39 is 0 Å². The molecule has 1 atom stereocenters. The number of pyridine rings is 1. The Hall–Kier alpha value is -4.12. The monoisotopic (exact) mass is 438 g/mol. The minimum atomic E-state index is -0.159. The molecule has 0 aliphatic rings. The Balaban J connectivity index is 1.35. The van der Waals surface area contributed by atoms with Gasteiger partial charge < -0.3 is 14.8 Å². The number of hydrogen-bond acceptors (Lipinski definition) is 4. The SMILES string of the molecule is CC(NC(=O)c1ccccc1COc1ccccc1)c1ccc(OCc2cccnc2)cc1. The molecule has 5 heteroatoms. The van der Waals surface area contributed by atoms with Gasteiger partial charge in [-0.25, -0.2) is 0 Å². The molecule has 1 amide bonds. The third-order valence-corrected chi connectivity index (χ3v) is 5.26. The van der Waals surface area contributed by atoms with E-state index in [0.29, 0.717) is 18.8 Å². The number of rotatable bonds is 9. The van der Waals surface area contributed by atoms with Crippen LogP contribution in [0.2, 0.25) is 0 Å². The molecule has 166 valence electrons. The van der Waals surface area contributed by atoms with Crippen LogP contribution >= 0.6 is 0 Å². The molecular formula is C28H26N2O3. The van der Waals surface area contributed by atoms with Gasteiger partial charge in [0.15, 0.2) is 0 Å². The minimum absolute atomic E-state index is 0.133. The second-order valence-corrected chi connectivity index (χ2v) is 7.67. The average Bonchev–Trinajstić information content (AvgIpc) is 2.88. The van der Waals surface area contributed by atoms with Crippen molar-refractivity contribution >= 4 is 5.91 Å². The third-order valence-electron chi connectivity index (χ3n) is 5.26. The zero-order valence-electron chi connectivity index (χ0n) is 18.5. The Morgan fingerprint density at radius 1 is 0.818 bits per heavy atom. The number of ether oxygens (including phenoxy) is 2. The van der Waals surface area contributed by atoms with Crippen molar-refractivity contribution in [3.63, 3.8) is 0 Å². The summed E-state index contributed by atoms with van der Waals surface area (Å²) >= 11 is 0. The standard InChI is InChI=1S/C28H26N2O3/c1-21(23-13-15-26(16-14-23)32-19-22-8-7-17-29-18-22)30-28(31)27-12-6-5-9-24(27)20-33-25-10-3-2-4-11-25/h2-18,21H,19-20H2,1H3,(H,30,31). The topological polar surface area (TPSA) is 60.5 Å². The van der Waals surface area contributed by atoms with Gasteiger partial charge >= 0.3 is 0 Å². The highest BCUT2D eigenvalue weighted by Gasteiger charge is 2.15. The normalized spacial score (nSPS) is 11.4. The van der Waals surface area contributed by atoms with Gasteiger partial charge in [0.25, 0.3) is 5.91 Å². The molecule has 1 unspecified atom stereocenters. The van der Waals surface area contributed by atoms with Gasteiger partial charge in [-0.05, 0) is 48.9 Å². The summed E-state index contributed by atoms with van der Waals surface area (Å²) in [7, 11) is 0. The van der Waals surface area contributed by atoms with Gasteiger partial charge in [0, 0.05) is 29.1 Å². The van der Waals surface area contributed by atoms with Gasteiger partial charge in [-0.3, -0.25) is 9.78 Å². The zero-order chi connectivity index (χ0) is 22.9. The second kappa shape index (κ2) is 11.0. The molecule has 3 aromatic carbocycles. The van der Waals surface area contributed by atoms with E-state index in [1.165, 1.54) is 0 Å². The first-order valence-corrected chi connectivity index (χ1v) is 10.9. The van der Waals surface area contributed by atoms with Crippen LogP contribution in [0.4, 0.5) is 0 Å². The van der Waals surface area contributed by atoms with Crippen LogP contribution in [0, 0.1) is 0 Å². The molecule has 1 N–H and O–H groups in total. The van der Waals surface area contributed by atoms with Crippen LogP contribution in [-0.2, 0) is 13.2 Å². The summed E-state index contributed by atoms with van der Waals surface area (Å²) in [5.41, 5.74) is 3.45. The van der Waals surface area contributed by atoms with Gasteiger partial charge in [-0.1, -0.05) is 54.6 Å². The third kappa shape index (κ3) is 6.20. The smallest absolute Gasteiger partial charge is 0.252 e. The molecule has 1 heterocycles. The van der Waals surface area contributed by atoms with E-state index in [4.69, 9.17) is 9.47 Å². The van der Waals surface area contributed by atoms with Gasteiger partial charge in [0.1, 0.15) is 24.7 Å². The lowest BCUT2D eigenvalue weighted by Crippen LogP contribution is -2.27. The second-order valence-electron chi connectivity index (χ2n) is 7.67. The van der Waals surface area contributed by atoms with Gasteiger partial charge in [-0.15, -0.1) is 0 Å². The fourth-order valence-corrected chi connectivity index (χ4v) is 3.41. The highest BCUT2D eigenvalue weighted by molar-refractivity contribution is 5.95. The van der Waals surface area contributed by atoms with Crippen molar-refractivity contribution < 1.29 is 14.3 Å². The van der Waals surface area contributed by atoms with E-state index in [9.17, 15) is 4.79 Å². The molecule has 0 saturated carbocycles. The van der Waals surface area contributed by atoms with E-state index in [-0.39, 0.29) is 11.9 Å². The van der Waals surface area contributed by atoms with E-state index in [1.807, 2.05) is 97.9 Å². The lowest BCUT2D eigenvalue weighted by atomic mass is 10.0. The van der Waals surface area contributed by atoms with E-state index in [0.717, 1.165) is 28.2 Å². The summed E-state index contributed by atoms with van der Waals surface area (Å²) in [4.78, 5) is 17.1. The van der Waals surface area contributed by atoms with E-state index in [2.05, 4.69) is 10.3 Å². The number of hydrogen-bond donors (Lipinski definition) is 1. The van der Waals surface area contributed by atoms with Crippen LogP contribution in [-0.4, -0.2) is 10.9 Å². The van der Waals surface area contributed by atoms with Crippen LogP contribution in [0.1, 0.15) is 40.0 Å². The largest absolute Gasteiger partial charge is 0.489 e. The molecule has 5 nitrogen and oxygen atoms in total. The Labute approximate surface area is 194 Å². The molecule has 0 bridgehead atoms. The minimum Gasteiger partial charge on any atom is -0.489 e. The molecule has 0 spiro atoms. The predicted molar refractivity (Wildman–Crippen MR) is 128 cm³/mol. The highest BCUT2D eigenvalue weighted by atomic mass is 16.5. The zero-order valence-corrected chi connectivity index (χ0v) is 18.5. The maximum Gasteiger partial charge on any atom is 0.252 e. The molecule has 4 aromatic rings. The molecule has 1 aromatic heterocycles. The first-order valence-electron chi connectivity index (χ1n) is 10.9. The molecule has 0 saturated heterocycles. The van der Waals surface area contributed by atoms with Gasteiger partial charge in [0.2, 0.25) is 0 Å². The van der Waals surface area contributed by atoms with Crippen molar-refractivity contribution in [2.75, 3.05) is 0 Å². The van der Waals surface area contributed by atoms with Crippen LogP contribution in [0.15, 0.2) is 103 Å². The first-order chi connectivity index (χ1) is 16.2. The summed E-state index contributed by atoms with van der Waals surface area (Å²) < 4.78 is 11.7. The Bertz CT molecular complexity index is 1160. The predicted octanol–water partition coefficient (Wildman–Crippen LogP) is 5.73. The number of carbonyl (C=O) groups is 1. The fraction of sp³-hybridized carbons (Fsp3) is 0.143. The number of carbonyl (C=O) groups excluding carboxylic acids is 1. The first kappa shape index (κ1) is 22.1. The molecule has 33 heavy (non-hydrogen) atoms. The molecule has 4 rings (SSSR count). The molecular weight excluding hydrogens is 412 g/mol. The molecule has 0 fully saturated rings. The van der Waals surface area contributed by atoms with Crippen molar-refractivity contribution in [3.8, 4) is 11.5 Å². The van der Waals surface area contributed by atoms with Crippen LogP contribution in [0.25, 0.3) is 0 Å². The number of para-hydroxylation sites is 1. The van der Waals surface area contributed by atoms with Gasteiger partial charge in [-0.2, -0.15) is 0 Å². The van der Waals surface area contributed by atoms with E-state index in [1.54, 1.807) is 12.4 Å². The van der Waals surface area contributed by atoms with Crippen molar-refractivity contribution in [3.05, 3.63) is 126 Å². The Kier molecular flexibility index (Phi) is 7.33. The lowest BCUT2D eigenvalue weighted by Gasteiger charge is -2.17. The number of nitrogens with one attached hydrogen (secondary N) is 1. The summed E-state index contributed by atoms with van der Waals surface area (Å²) in [6.45, 7) is 2.75. The number of nitrogens with zero attached hydrogens (tertiary/aromatic N) is 1. The summed E-state index contributed by atoms with van der Waals surface area (Å²) in [5.74, 6) is 1.41. The summed E-state index contributed by atoms with van der Waals surface area (Å²) in [5, 5.41) is 3.08. The quantitative estimate of drug-likeness (QED) is 0.362. The number of aromatic nitrogens is 1. The highest BCUT2D eigenvalue weighted by Crippen LogP contribution is 2.20. The number of benzene rings is 3. The van der Waals surface area contributed by atoms with Crippen LogP contribution in [0.5, 0.6) is 11.5 Å². The molecule has 0 radical (unpaired) electrons. The maximum atomic E-state index is 13.0. The Morgan fingerprint density at radius 3 is 2.27 bits per heavy atom.